The molecule has 0 radical (unpaired) electrons. The van der Waals surface area contributed by atoms with Crippen molar-refractivity contribution in [1.29, 1.82) is 5.26 Å². The Kier molecular flexibility index (Phi) is 3.56. The van der Waals surface area contributed by atoms with E-state index in [0.717, 1.165) is 6.07 Å². The first-order chi connectivity index (χ1) is 12.5. The Morgan fingerprint density at radius 2 is 1.89 bits per heavy atom. The molecule has 0 bridgehead atoms. The number of aliphatic hydroxyl groups is 1. The van der Waals surface area contributed by atoms with Gasteiger partial charge in [0, 0.05) is 28.1 Å². The molecule has 2 aromatic carbocycles. The predicted molar refractivity (Wildman–Crippen MR) is 83.9 cm³/mol. The minimum atomic E-state index is -4.86. The Labute approximate surface area is 154 Å². The number of benzene rings is 2. The van der Waals surface area contributed by atoms with E-state index in [1.807, 2.05) is 6.07 Å². The first-order valence-corrected chi connectivity index (χ1v) is 8.09. The molecule has 140 valence electrons. The molecule has 1 N–H and O–H groups in total. The highest BCUT2D eigenvalue weighted by Gasteiger charge is 2.79. The average molecular weight is 402 g/mol. The zero-order chi connectivity index (χ0) is 19.8. The smallest absolute Gasteiger partial charge is 0.346 e. The maximum absolute atomic E-state index is 14.5. The van der Waals surface area contributed by atoms with Crippen LogP contribution in [0.1, 0.15) is 34.8 Å². The number of ether oxygens (including phenoxy) is 1. The third-order valence-electron chi connectivity index (χ3n) is 4.89. The molecule has 2 aromatic rings. The number of alkyl halides is 5. The van der Waals surface area contributed by atoms with Gasteiger partial charge in [-0.05, 0) is 30.3 Å². The number of hydrogen-bond acceptors (Lipinski definition) is 3. The summed E-state index contributed by atoms with van der Waals surface area (Å²) in [5, 5.41) is 19.4. The van der Waals surface area contributed by atoms with E-state index in [1.165, 1.54) is 18.2 Å². The summed E-state index contributed by atoms with van der Waals surface area (Å²) >= 11 is 5.85. The van der Waals surface area contributed by atoms with Crippen molar-refractivity contribution in [2.24, 2.45) is 0 Å². The van der Waals surface area contributed by atoms with Crippen molar-refractivity contribution in [3.8, 4) is 17.6 Å². The second-order valence-electron chi connectivity index (χ2n) is 6.47. The zero-order valence-corrected chi connectivity index (χ0v) is 14.0. The van der Waals surface area contributed by atoms with E-state index in [9.17, 15) is 27.1 Å². The van der Waals surface area contributed by atoms with E-state index >= 15 is 0 Å². The Hall–Kier alpha value is -2.37. The van der Waals surface area contributed by atoms with Crippen LogP contribution in [0, 0.1) is 11.3 Å². The van der Waals surface area contributed by atoms with Crippen LogP contribution >= 0.6 is 11.6 Å². The molecular formula is C18H9ClF5NO2. The van der Waals surface area contributed by atoms with Crippen molar-refractivity contribution in [3.63, 3.8) is 0 Å². The Balaban J connectivity index is 1.89. The number of halogens is 6. The molecule has 0 saturated heterocycles. The summed E-state index contributed by atoms with van der Waals surface area (Å²) in [6.07, 6.45) is -3.34. The molecule has 0 aromatic heterocycles. The lowest BCUT2D eigenvalue weighted by Gasteiger charge is -2.30. The highest BCUT2D eigenvalue weighted by Crippen LogP contribution is 2.68. The molecule has 2 atom stereocenters. The number of rotatable bonds is 2. The molecule has 0 unspecified atom stereocenters. The van der Waals surface area contributed by atoms with Gasteiger partial charge in [-0.15, -0.1) is 0 Å². The number of nitrogens with zero attached hydrogens (tertiary/aromatic N) is 1. The van der Waals surface area contributed by atoms with Crippen LogP contribution in [0.4, 0.5) is 22.0 Å². The highest BCUT2D eigenvalue weighted by atomic mass is 35.5. The second-order valence-corrected chi connectivity index (χ2v) is 6.91. The molecule has 0 fully saturated rings. The summed E-state index contributed by atoms with van der Waals surface area (Å²) in [5.74, 6) is -9.82. The van der Waals surface area contributed by atoms with Crippen LogP contribution < -0.4 is 4.74 Å². The number of hydrogen-bond donors (Lipinski definition) is 1. The first-order valence-electron chi connectivity index (χ1n) is 7.71. The Morgan fingerprint density at radius 1 is 1.19 bits per heavy atom. The van der Waals surface area contributed by atoms with Crippen molar-refractivity contribution >= 4 is 11.6 Å². The van der Waals surface area contributed by atoms with Crippen molar-refractivity contribution in [1.82, 2.24) is 0 Å². The van der Waals surface area contributed by atoms with Crippen LogP contribution in [-0.2, 0) is 11.5 Å². The van der Waals surface area contributed by atoms with Crippen molar-refractivity contribution in [3.05, 3.63) is 57.6 Å². The van der Waals surface area contributed by atoms with Crippen LogP contribution in [0.2, 0.25) is 5.02 Å². The van der Waals surface area contributed by atoms with E-state index in [4.69, 9.17) is 21.6 Å². The molecule has 2 aliphatic rings. The van der Waals surface area contributed by atoms with E-state index in [0.29, 0.717) is 6.07 Å². The van der Waals surface area contributed by atoms with Gasteiger partial charge in [0.2, 0.25) is 0 Å². The van der Waals surface area contributed by atoms with Gasteiger partial charge in [0.15, 0.2) is 5.60 Å². The van der Waals surface area contributed by atoms with E-state index < -0.39 is 46.7 Å². The maximum Gasteiger partial charge on any atom is 0.346 e. The van der Waals surface area contributed by atoms with E-state index in [1.54, 1.807) is 0 Å². The summed E-state index contributed by atoms with van der Waals surface area (Å²) in [6.45, 7) is 0. The lowest BCUT2D eigenvalue weighted by molar-refractivity contribution is -0.287. The minimum Gasteiger partial charge on any atom is -0.457 e. The van der Waals surface area contributed by atoms with Gasteiger partial charge in [0.1, 0.15) is 17.7 Å². The van der Waals surface area contributed by atoms with Gasteiger partial charge in [-0.2, -0.15) is 22.8 Å². The summed E-state index contributed by atoms with van der Waals surface area (Å²) in [4.78, 5) is 0. The molecule has 0 heterocycles. The van der Waals surface area contributed by atoms with Gasteiger partial charge < -0.3 is 9.84 Å². The van der Waals surface area contributed by atoms with E-state index in [2.05, 4.69) is 0 Å². The van der Waals surface area contributed by atoms with E-state index in [-0.39, 0.29) is 22.1 Å². The molecule has 0 aliphatic heterocycles. The lowest BCUT2D eigenvalue weighted by atomic mass is 9.95. The first kappa shape index (κ1) is 18.0. The van der Waals surface area contributed by atoms with Gasteiger partial charge in [-0.3, -0.25) is 0 Å². The van der Waals surface area contributed by atoms with Gasteiger partial charge in [0.25, 0.3) is 0 Å². The largest absolute Gasteiger partial charge is 0.457 e. The molecule has 0 amide bonds. The van der Waals surface area contributed by atoms with Crippen molar-refractivity contribution in [2.75, 3.05) is 0 Å². The normalized spacial score (nSPS) is 26.5. The summed E-state index contributed by atoms with van der Waals surface area (Å²) in [7, 11) is 0. The van der Waals surface area contributed by atoms with Gasteiger partial charge in [-0.25, -0.2) is 4.39 Å². The average Bonchev–Trinajstić information content (AvgIpc) is 2.92. The fraction of sp³-hybridized carbons (Fsp3) is 0.278. The molecule has 0 saturated carbocycles. The maximum atomic E-state index is 14.5. The summed E-state index contributed by atoms with van der Waals surface area (Å²) in [5.41, 5.74) is -5.72. The zero-order valence-electron chi connectivity index (χ0n) is 13.2. The second kappa shape index (κ2) is 5.33. The van der Waals surface area contributed by atoms with Crippen molar-refractivity contribution in [2.45, 2.75) is 30.0 Å². The molecular weight excluding hydrogens is 393 g/mol. The van der Waals surface area contributed by atoms with Crippen LogP contribution in [0.3, 0.4) is 0 Å². The minimum absolute atomic E-state index is 0.00518. The fourth-order valence-corrected chi connectivity index (χ4v) is 3.92. The van der Waals surface area contributed by atoms with Crippen LogP contribution in [0.25, 0.3) is 0 Å². The molecule has 9 heteroatoms. The summed E-state index contributed by atoms with van der Waals surface area (Å²) < 4.78 is 76.7. The Morgan fingerprint density at radius 3 is 2.56 bits per heavy atom. The molecule has 27 heavy (non-hydrogen) atoms. The lowest BCUT2D eigenvalue weighted by Crippen LogP contribution is -2.48. The summed E-state index contributed by atoms with van der Waals surface area (Å²) in [6, 6.07) is 7.36. The quantitative estimate of drug-likeness (QED) is 0.690. The fourth-order valence-electron chi connectivity index (χ4n) is 3.70. The van der Waals surface area contributed by atoms with Crippen molar-refractivity contribution < 1.29 is 31.8 Å². The van der Waals surface area contributed by atoms with Crippen LogP contribution in [-0.4, -0.2) is 11.0 Å². The van der Waals surface area contributed by atoms with Crippen LogP contribution in [0.5, 0.6) is 11.5 Å². The van der Waals surface area contributed by atoms with Gasteiger partial charge >= 0.3 is 11.8 Å². The standard InChI is InChI=1S/C18H9ClF5NO2/c19-9-3-8(7-25)4-10(5-9)27-13-2-1-11-15-14(13)12(20)6-16(15,26)18(23,24)17(11,21)22/h1-5,12,26H,6H2/t12-,16+/m0/s1. The van der Waals surface area contributed by atoms with Crippen LogP contribution in [0.15, 0.2) is 30.3 Å². The third-order valence-corrected chi connectivity index (χ3v) is 5.11. The topological polar surface area (TPSA) is 53.2 Å². The Bertz CT molecular complexity index is 1020. The van der Waals surface area contributed by atoms with Gasteiger partial charge in [-0.1, -0.05) is 11.6 Å². The predicted octanol–water partition coefficient (Wildman–Crippen LogP) is 5.35. The molecule has 0 spiro atoms. The molecule has 4 rings (SSSR count). The molecule has 2 aliphatic carbocycles. The third kappa shape index (κ3) is 2.15. The molecule has 3 nitrogen and oxygen atoms in total. The SMILES string of the molecule is N#Cc1cc(Cl)cc(Oc2ccc3c4c2[C@@H](F)C[C@]4(O)C(F)(F)C3(F)F)c1. The monoisotopic (exact) mass is 401 g/mol. The number of nitriles is 1. The highest BCUT2D eigenvalue weighted by molar-refractivity contribution is 6.30. The van der Waals surface area contributed by atoms with Gasteiger partial charge in [0.05, 0.1) is 11.6 Å².